The molecule has 1 fully saturated rings. The van der Waals surface area contributed by atoms with Crippen molar-refractivity contribution in [3.8, 4) is 0 Å². The second kappa shape index (κ2) is 4.39. The predicted molar refractivity (Wildman–Crippen MR) is 72.7 cm³/mol. The van der Waals surface area contributed by atoms with Crippen LogP contribution in [0.25, 0.3) is 11.0 Å². The molecule has 1 saturated carbocycles. The van der Waals surface area contributed by atoms with Crippen LogP contribution in [0.5, 0.6) is 0 Å². The summed E-state index contributed by atoms with van der Waals surface area (Å²) in [6, 6.07) is 4.53. The normalized spacial score (nSPS) is 24.6. The minimum atomic E-state index is -0.224. The van der Waals surface area contributed by atoms with E-state index in [9.17, 15) is 5.11 Å². The van der Waals surface area contributed by atoms with Crippen molar-refractivity contribution in [2.24, 2.45) is 0 Å². The van der Waals surface area contributed by atoms with Crippen LogP contribution >= 0.6 is 0 Å². The number of aliphatic hydroxyl groups excluding tert-OH is 1. The van der Waals surface area contributed by atoms with E-state index in [1.807, 2.05) is 6.33 Å². The van der Waals surface area contributed by atoms with Gasteiger partial charge in [-0.25, -0.2) is 4.98 Å². The number of rotatable bonds is 1. The van der Waals surface area contributed by atoms with Crippen LogP contribution in [0.4, 0.5) is 0 Å². The van der Waals surface area contributed by atoms with Crippen LogP contribution in [-0.4, -0.2) is 20.8 Å². The van der Waals surface area contributed by atoms with Crippen LogP contribution in [0.1, 0.15) is 42.9 Å². The molecule has 2 atom stereocenters. The van der Waals surface area contributed by atoms with Crippen molar-refractivity contribution in [3.05, 3.63) is 29.6 Å². The average molecular weight is 244 g/mol. The van der Waals surface area contributed by atoms with Crippen LogP contribution in [-0.2, 0) is 0 Å². The summed E-state index contributed by atoms with van der Waals surface area (Å²) < 4.78 is 2.17. The quantitative estimate of drug-likeness (QED) is 0.837. The third kappa shape index (κ3) is 1.83. The Kier molecular flexibility index (Phi) is 2.86. The molecular formula is C15H20N2O. The van der Waals surface area contributed by atoms with Gasteiger partial charge in [-0.15, -0.1) is 0 Å². The SMILES string of the molecule is Cc1cc2ncn([C@H]3CCCC[C@@H]3O)c2cc1C. The maximum Gasteiger partial charge on any atom is 0.0961 e. The number of aromatic nitrogens is 2. The molecule has 1 aliphatic carbocycles. The molecule has 0 saturated heterocycles. The van der Waals surface area contributed by atoms with Gasteiger partial charge in [0.2, 0.25) is 0 Å². The number of aryl methyl sites for hydroxylation is 2. The summed E-state index contributed by atoms with van der Waals surface area (Å²) in [5.74, 6) is 0. The highest BCUT2D eigenvalue weighted by Crippen LogP contribution is 2.31. The number of benzene rings is 1. The van der Waals surface area contributed by atoms with E-state index in [0.717, 1.165) is 30.3 Å². The number of fused-ring (bicyclic) bond motifs is 1. The van der Waals surface area contributed by atoms with Crippen molar-refractivity contribution < 1.29 is 5.11 Å². The van der Waals surface area contributed by atoms with E-state index in [4.69, 9.17) is 0 Å². The fourth-order valence-electron chi connectivity index (χ4n) is 2.96. The Morgan fingerprint density at radius 2 is 1.89 bits per heavy atom. The number of hydrogen-bond donors (Lipinski definition) is 1. The molecule has 0 radical (unpaired) electrons. The lowest BCUT2D eigenvalue weighted by molar-refractivity contribution is 0.0773. The second-order valence-corrected chi connectivity index (χ2v) is 5.50. The summed E-state index contributed by atoms with van der Waals surface area (Å²) in [7, 11) is 0. The Labute approximate surface area is 107 Å². The maximum atomic E-state index is 10.2. The van der Waals surface area contributed by atoms with Crippen LogP contribution in [0.2, 0.25) is 0 Å². The first kappa shape index (κ1) is 11.7. The van der Waals surface area contributed by atoms with Gasteiger partial charge in [-0.3, -0.25) is 0 Å². The van der Waals surface area contributed by atoms with Crippen molar-refractivity contribution in [2.75, 3.05) is 0 Å². The number of hydrogen-bond acceptors (Lipinski definition) is 2. The van der Waals surface area contributed by atoms with Crippen LogP contribution < -0.4 is 0 Å². The van der Waals surface area contributed by atoms with E-state index in [2.05, 4.69) is 35.5 Å². The highest BCUT2D eigenvalue weighted by molar-refractivity contribution is 5.77. The Balaban J connectivity index is 2.09. The molecule has 3 heteroatoms. The lowest BCUT2D eigenvalue weighted by Crippen LogP contribution is -2.27. The Bertz CT molecular complexity index is 573. The van der Waals surface area contributed by atoms with Crippen molar-refractivity contribution in [1.82, 2.24) is 9.55 Å². The van der Waals surface area contributed by atoms with Crippen molar-refractivity contribution >= 4 is 11.0 Å². The zero-order valence-corrected chi connectivity index (χ0v) is 11.1. The summed E-state index contributed by atoms with van der Waals surface area (Å²) in [5.41, 5.74) is 4.76. The molecule has 0 unspecified atom stereocenters. The Morgan fingerprint density at radius 1 is 1.17 bits per heavy atom. The third-order valence-electron chi connectivity index (χ3n) is 4.24. The lowest BCUT2D eigenvalue weighted by atomic mass is 9.92. The minimum absolute atomic E-state index is 0.200. The number of aliphatic hydroxyl groups is 1. The Hall–Kier alpha value is -1.35. The van der Waals surface area contributed by atoms with Crippen molar-refractivity contribution in [3.63, 3.8) is 0 Å². The molecular weight excluding hydrogens is 224 g/mol. The molecule has 0 aliphatic heterocycles. The first-order valence-electron chi connectivity index (χ1n) is 6.78. The number of imidazole rings is 1. The molecule has 0 amide bonds. The van der Waals surface area contributed by atoms with Crippen LogP contribution in [0.15, 0.2) is 18.5 Å². The monoisotopic (exact) mass is 244 g/mol. The van der Waals surface area contributed by atoms with Crippen LogP contribution in [0.3, 0.4) is 0 Å². The van der Waals surface area contributed by atoms with Crippen molar-refractivity contribution in [2.45, 2.75) is 51.7 Å². The number of nitrogens with zero attached hydrogens (tertiary/aromatic N) is 2. The lowest BCUT2D eigenvalue weighted by Gasteiger charge is -2.29. The molecule has 18 heavy (non-hydrogen) atoms. The van der Waals surface area contributed by atoms with Gasteiger partial charge >= 0.3 is 0 Å². The summed E-state index contributed by atoms with van der Waals surface area (Å²) in [6.45, 7) is 4.24. The van der Waals surface area contributed by atoms with Gasteiger partial charge in [0.25, 0.3) is 0 Å². The maximum absolute atomic E-state index is 10.2. The Morgan fingerprint density at radius 3 is 2.67 bits per heavy atom. The van der Waals surface area contributed by atoms with Gasteiger partial charge in [-0.05, 0) is 49.9 Å². The summed E-state index contributed by atoms with van der Waals surface area (Å²) in [5, 5.41) is 10.2. The molecule has 1 aliphatic rings. The van der Waals surface area contributed by atoms with Gasteiger partial charge in [0.15, 0.2) is 0 Å². The molecule has 1 N–H and O–H groups in total. The minimum Gasteiger partial charge on any atom is -0.391 e. The van der Waals surface area contributed by atoms with E-state index in [1.54, 1.807) is 0 Å². The third-order valence-corrected chi connectivity index (χ3v) is 4.24. The highest BCUT2D eigenvalue weighted by Gasteiger charge is 2.25. The van der Waals surface area contributed by atoms with E-state index < -0.39 is 0 Å². The van der Waals surface area contributed by atoms with Crippen molar-refractivity contribution in [1.29, 1.82) is 0 Å². The fraction of sp³-hybridized carbons (Fsp3) is 0.533. The molecule has 3 nitrogen and oxygen atoms in total. The van der Waals surface area contributed by atoms with Gasteiger partial charge in [-0.1, -0.05) is 12.8 Å². The molecule has 1 aromatic carbocycles. The topological polar surface area (TPSA) is 38.0 Å². The molecule has 2 aromatic rings. The molecule has 0 spiro atoms. The molecule has 96 valence electrons. The fourth-order valence-corrected chi connectivity index (χ4v) is 2.96. The van der Waals surface area contributed by atoms with Gasteiger partial charge in [0.05, 0.1) is 29.5 Å². The van der Waals surface area contributed by atoms with E-state index in [0.29, 0.717) is 0 Å². The second-order valence-electron chi connectivity index (χ2n) is 5.50. The predicted octanol–water partition coefficient (Wildman–Crippen LogP) is 3.13. The van der Waals surface area contributed by atoms with Gasteiger partial charge in [0.1, 0.15) is 0 Å². The zero-order valence-electron chi connectivity index (χ0n) is 11.1. The average Bonchev–Trinajstić information content (AvgIpc) is 2.73. The zero-order chi connectivity index (χ0) is 12.7. The van der Waals surface area contributed by atoms with E-state index in [1.165, 1.54) is 17.5 Å². The van der Waals surface area contributed by atoms with Gasteiger partial charge in [-0.2, -0.15) is 0 Å². The largest absolute Gasteiger partial charge is 0.391 e. The summed E-state index contributed by atoms with van der Waals surface area (Å²) in [6.07, 6.45) is 5.98. The summed E-state index contributed by atoms with van der Waals surface area (Å²) >= 11 is 0. The molecule has 0 bridgehead atoms. The van der Waals surface area contributed by atoms with Gasteiger partial charge < -0.3 is 9.67 Å². The van der Waals surface area contributed by atoms with E-state index in [-0.39, 0.29) is 12.1 Å². The standard InChI is InChI=1S/C15H20N2O/c1-10-7-12-14(8-11(10)2)17(9-16-12)13-5-3-4-6-15(13)18/h7-9,13,15,18H,3-6H2,1-2H3/t13-,15-/m0/s1. The highest BCUT2D eigenvalue weighted by atomic mass is 16.3. The van der Waals surface area contributed by atoms with Crippen LogP contribution in [0, 0.1) is 13.8 Å². The summed E-state index contributed by atoms with van der Waals surface area (Å²) in [4.78, 5) is 4.48. The molecule has 1 heterocycles. The molecule has 3 rings (SSSR count). The molecule has 1 aromatic heterocycles. The first-order valence-corrected chi connectivity index (χ1v) is 6.78. The van der Waals surface area contributed by atoms with E-state index >= 15 is 0 Å². The first-order chi connectivity index (χ1) is 8.66. The van der Waals surface area contributed by atoms with Gasteiger partial charge in [0, 0.05) is 0 Å². The smallest absolute Gasteiger partial charge is 0.0961 e.